The van der Waals surface area contributed by atoms with E-state index in [1.165, 1.54) is 19.0 Å². The number of nitrogens with zero attached hydrogens (tertiary/aromatic N) is 3. The first-order chi connectivity index (χ1) is 20.7. The van der Waals surface area contributed by atoms with Gasteiger partial charge in [0, 0.05) is 18.5 Å². The predicted molar refractivity (Wildman–Crippen MR) is 160 cm³/mol. The minimum atomic E-state index is -3.01. The van der Waals surface area contributed by atoms with E-state index in [0.29, 0.717) is 17.8 Å². The van der Waals surface area contributed by atoms with Crippen molar-refractivity contribution in [1.29, 1.82) is 0 Å². The first kappa shape index (κ1) is 32.2. The molecule has 12 nitrogen and oxygen atoms in total. The molecule has 1 aromatic rings. The number of hydrogen-bond donors (Lipinski definition) is 4. The van der Waals surface area contributed by atoms with E-state index in [1.54, 1.807) is 19.1 Å². The lowest BCUT2D eigenvalue weighted by Crippen LogP contribution is -2.77. The highest BCUT2D eigenvalue weighted by Crippen LogP contribution is 2.55. The number of unbranched alkanes of at least 4 members (excludes halogenated alkanes) is 1. The van der Waals surface area contributed by atoms with Gasteiger partial charge in [0.2, 0.25) is 5.91 Å². The average Bonchev–Trinajstić information content (AvgIpc) is 2.96. The lowest BCUT2D eigenvalue weighted by atomic mass is 9.49. The fourth-order valence-corrected chi connectivity index (χ4v) is 8.34. The molecule has 0 bridgehead atoms. The lowest BCUT2D eigenvalue weighted by Gasteiger charge is -2.56. The van der Waals surface area contributed by atoms with Crippen LogP contribution in [0.1, 0.15) is 61.4 Å². The van der Waals surface area contributed by atoms with Gasteiger partial charge in [0.25, 0.3) is 0 Å². The number of anilines is 1. The van der Waals surface area contributed by atoms with Crippen molar-refractivity contribution < 1.29 is 39.3 Å². The first-order valence-electron chi connectivity index (χ1n) is 15.5. The summed E-state index contributed by atoms with van der Waals surface area (Å²) >= 11 is 0. The quantitative estimate of drug-likeness (QED) is 0.307. The number of likely N-dealkylation sites (N-methyl/N-ethyl adjacent to an activating group) is 1. The summed E-state index contributed by atoms with van der Waals surface area (Å²) in [7, 11) is 5.01. The van der Waals surface area contributed by atoms with Crippen molar-refractivity contribution in [3.05, 3.63) is 23.3 Å². The Labute approximate surface area is 257 Å². The number of carbonyl (C=O) groups excluding carboxylic acids is 5. The summed E-state index contributed by atoms with van der Waals surface area (Å²) < 4.78 is 0. The number of aliphatic hydroxyl groups is 2. The van der Waals surface area contributed by atoms with E-state index in [-0.39, 0.29) is 17.4 Å². The van der Waals surface area contributed by atoms with Gasteiger partial charge in [-0.25, -0.2) is 0 Å². The van der Waals surface area contributed by atoms with Crippen molar-refractivity contribution in [2.24, 2.45) is 29.4 Å². The maximum Gasteiger partial charge on any atom is 0.235 e. The highest BCUT2D eigenvalue weighted by molar-refractivity contribution is 6.32. The summed E-state index contributed by atoms with van der Waals surface area (Å²) in [5, 5.41) is 35.4. The molecule has 1 amide bonds. The summed E-state index contributed by atoms with van der Waals surface area (Å²) in [6, 6.07) is 2.28. The van der Waals surface area contributed by atoms with Gasteiger partial charge in [-0.05, 0) is 71.0 Å². The second-order valence-electron chi connectivity index (χ2n) is 13.3. The number of benzene rings is 1. The smallest absolute Gasteiger partial charge is 0.235 e. The van der Waals surface area contributed by atoms with Gasteiger partial charge in [-0.15, -0.1) is 0 Å². The van der Waals surface area contributed by atoms with Crippen LogP contribution in [0, 0.1) is 23.7 Å². The number of phenolic OH excluding ortho intramolecular Hbond substituents is 1. The topological polar surface area (TPSA) is 182 Å². The van der Waals surface area contributed by atoms with E-state index in [9.17, 15) is 39.3 Å². The van der Waals surface area contributed by atoms with Crippen molar-refractivity contribution in [3.63, 3.8) is 0 Å². The third kappa shape index (κ3) is 4.60. The molecule has 4 aliphatic rings. The molecule has 1 saturated heterocycles. The van der Waals surface area contributed by atoms with Crippen LogP contribution in [0.2, 0.25) is 0 Å². The largest absolute Gasteiger partial charge is 0.505 e. The van der Waals surface area contributed by atoms with Crippen molar-refractivity contribution in [1.82, 2.24) is 9.80 Å². The number of nitrogens with two attached hydrogens (primary N) is 1. The van der Waals surface area contributed by atoms with Crippen LogP contribution in [-0.2, 0) is 19.2 Å². The fraction of sp³-hybridized carbons (Fsp3) is 0.656. The minimum absolute atomic E-state index is 0.0665. The van der Waals surface area contributed by atoms with Gasteiger partial charge in [0.15, 0.2) is 34.7 Å². The van der Waals surface area contributed by atoms with E-state index >= 15 is 0 Å². The Hall–Kier alpha value is -3.19. The number of aromatic hydroxyl groups is 1. The summed E-state index contributed by atoms with van der Waals surface area (Å²) in [6.45, 7) is 6.24. The molecule has 2 saturated carbocycles. The molecule has 1 aromatic carbocycles. The number of likely N-dealkylation sites (tertiary alicyclic amines) is 1. The second kappa shape index (κ2) is 11.6. The summed E-state index contributed by atoms with van der Waals surface area (Å²) in [5.41, 5.74) is 3.24. The normalized spacial score (nSPS) is 34.5. The number of piperidine rings is 1. The van der Waals surface area contributed by atoms with Gasteiger partial charge in [0.1, 0.15) is 5.75 Å². The van der Waals surface area contributed by atoms with Crippen LogP contribution in [0.3, 0.4) is 0 Å². The number of Topliss-reactive ketones (excluding diaryl/α,β-unsaturated/α-hetero) is 4. The predicted octanol–water partition coefficient (Wildman–Crippen LogP) is 0.0995. The number of phenols is 1. The summed E-state index contributed by atoms with van der Waals surface area (Å²) in [6.07, 6.45) is 1.90. The molecule has 0 spiro atoms. The monoisotopic (exact) mass is 612 g/mol. The number of primary amides is 1. The van der Waals surface area contributed by atoms with Crippen LogP contribution < -0.4 is 10.6 Å². The SMILES string of the molecule is CCCCN(c1ccc2c(c1O)C(=O)C1C(=O)C3(O)C(=O)C(C(N)=O)C(=O)C(N(C)C)C3C(O)C1C2C)C1CCN(C)CC1. The first-order valence-corrected chi connectivity index (χ1v) is 15.5. The van der Waals surface area contributed by atoms with Gasteiger partial charge >= 0.3 is 0 Å². The number of fused-ring (bicyclic) bond motifs is 3. The molecule has 12 heteroatoms. The Morgan fingerprint density at radius 2 is 1.75 bits per heavy atom. The standard InChI is InChI=1S/C32H44N4O8/c1-6-7-12-36(16-10-13-35(5)14-11-16)18-9-8-17-15(2)19-21(26(38)20(17)25(18)37)29(41)32(44)23(27(19)39)24(34(3)4)28(40)22(30(32)42)31(33)43/h8-9,15-16,19,21-24,27,37,39,44H,6-7,10-14H2,1-5H3,(H2,33,43). The molecule has 44 heavy (non-hydrogen) atoms. The van der Waals surface area contributed by atoms with Gasteiger partial charge in [-0.3, -0.25) is 28.9 Å². The molecule has 3 fully saturated rings. The van der Waals surface area contributed by atoms with Crippen molar-refractivity contribution in [2.45, 2.75) is 69.2 Å². The van der Waals surface area contributed by atoms with Gasteiger partial charge in [0.05, 0.1) is 35.2 Å². The Kier molecular flexibility index (Phi) is 8.51. The van der Waals surface area contributed by atoms with E-state index in [0.717, 1.165) is 38.8 Å². The minimum Gasteiger partial charge on any atom is -0.505 e. The number of ketones is 4. The Balaban J connectivity index is 1.62. The number of carbonyl (C=O) groups is 5. The maximum atomic E-state index is 14.3. The third-order valence-corrected chi connectivity index (χ3v) is 10.7. The molecule has 5 rings (SSSR count). The number of amides is 1. The Bertz CT molecular complexity index is 1390. The fourth-order valence-electron chi connectivity index (χ4n) is 8.34. The van der Waals surface area contributed by atoms with Crippen LogP contribution in [0.15, 0.2) is 12.1 Å². The van der Waals surface area contributed by atoms with E-state index in [4.69, 9.17) is 5.73 Å². The second-order valence-corrected chi connectivity index (χ2v) is 13.3. The number of rotatable bonds is 7. The number of hydrogen-bond acceptors (Lipinski definition) is 11. The molecule has 0 radical (unpaired) electrons. The van der Waals surface area contributed by atoms with Crippen LogP contribution in [0.5, 0.6) is 5.75 Å². The van der Waals surface area contributed by atoms with Crippen molar-refractivity contribution >= 4 is 34.7 Å². The zero-order chi connectivity index (χ0) is 32.4. The molecule has 5 N–H and O–H groups in total. The van der Waals surface area contributed by atoms with Crippen molar-refractivity contribution in [3.8, 4) is 5.75 Å². The molecular weight excluding hydrogens is 568 g/mol. The molecular formula is C32H44N4O8. The average molecular weight is 613 g/mol. The van der Waals surface area contributed by atoms with E-state index in [1.807, 2.05) is 0 Å². The van der Waals surface area contributed by atoms with Crippen LogP contribution >= 0.6 is 0 Å². The number of aliphatic hydroxyl groups excluding tert-OH is 1. The molecule has 240 valence electrons. The third-order valence-electron chi connectivity index (χ3n) is 10.7. The summed E-state index contributed by atoms with van der Waals surface area (Å²) in [5.74, 6) is -13.1. The van der Waals surface area contributed by atoms with Gasteiger partial charge in [-0.1, -0.05) is 26.3 Å². The zero-order valence-electron chi connectivity index (χ0n) is 26.0. The Morgan fingerprint density at radius 3 is 2.32 bits per heavy atom. The van der Waals surface area contributed by atoms with Crippen LogP contribution in [0.25, 0.3) is 0 Å². The maximum absolute atomic E-state index is 14.3. The van der Waals surface area contributed by atoms with Gasteiger partial charge < -0.3 is 30.9 Å². The van der Waals surface area contributed by atoms with Crippen molar-refractivity contribution in [2.75, 3.05) is 45.7 Å². The zero-order valence-corrected chi connectivity index (χ0v) is 26.0. The highest BCUT2D eigenvalue weighted by atomic mass is 16.3. The molecule has 8 unspecified atom stereocenters. The molecule has 3 aliphatic carbocycles. The van der Waals surface area contributed by atoms with E-state index < -0.39 is 76.4 Å². The lowest BCUT2D eigenvalue weighted by molar-refractivity contribution is -0.196. The summed E-state index contributed by atoms with van der Waals surface area (Å²) in [4.78, 5) is 73.4. The van der Waals surface area contributed by atoms with Crippen LogP contribution in [-0.4, -0.2) is 119 Å². The molecule has 0 aromatic heterocycles. The molecule has 1 aliphatic heterocycles. The van der Waals surface area contributed by atoms with E-state index in [2.05, 4.69) is 23.8 Å². The van der Waals surface area contributed by atoms with Crippen LogP contribution in [0.4, 0.5) is 5.69 Å². The Morgan fingerprint density at radius 1 is 1.11 bits per heavy atom. The highest BCUT2D eigenvalue weighted by Gasteiger charge is 2.73. The molecule has 1 heterocycles. The molecule has 8 atom stereocenters. The van der Waals surface area contributed by atoms with Gasteiger partial charge in [-0.2, -0.15) is 0 Å².